The summed E-state index contributed by atoms with van der Waals surface area (Å²) in [7, 11) is 2.26. The quantitative estimate of drug-likeness (QED) is 0.413. The first-order valence-electron chi connectivity index (χ1n) is 11.6. The summed E-state index contributed by atoms with van der Waals surface area (Å²) in [6.07, 6.45) is 0.793. The third-order valence-electron chi connectivity index (χ3n) is 5.80. The van der Waals surface area contributed by atoms with Gasteiger partial charge in [-0.3, -0.25) is 10.1 Å². The van der Waals surface area contributed by atoms with E-state index < -0.39 is 5.91 Å². The maximum Gasteiger partial charge on any atom is 0.324 e. The molecule has 3 aromatic rings. The summed E-state index contributed by atoms with van der Waals surface area (Å²) in [4.78, 5) is 26.1. The van der Waals surface area contributed by atoms with Crippen molar-refractivity contribution in [3.8, 4) is 0 Å². The van der Waals surface area contributed by atoms with Crippen LogP contribution in [0.2, 0.25) is 0 Å². The number of urea groups is 1. The lowest BCUT2D eigenvalue weighted by Crippen LogP contribution is -2.49. The number of nitrogens with zero attached hydrogens (tertiary/aromatic N) is 1. The molecule has 1 aliphatic heterocycles. The molecule has 0 spiro atoms. The molecule has 1 aromatic heterocycles. The zero-order valence-electron chi connectivity index (χ0n) is 20.2. The van der Waals surface area contributed by atoms with Gasteiger partial charge in [0.15, 0.2) is 0 Å². The molecule has 3 amide bonds. The van der Waals surface area contributed by atoms with E-state index in [9.17, 15) is 9.59 Å². The number of quaternary nitrogens is 1. The first-order chi connectivity index (χ1) is 15.7. The Morgan fingerprint density at radius 1 is 1.09 bits per heavy atom. The number of likely N-dealkylation sites (N-methyl/N-ethyl adjacent to an activating group) is 1. The fourth-order valence-electron chi connectivity index (χ4n) is 4.63. The van der Waals surface area contributed by atoms with Gasteiger partial charge < -0.3 is 15.5 Å². The van der Waals surface area contributed by atoms with Gasteiger partial charge in [-0.15, -0.1) is 11.3 Å². The second-order valence-corrected chi connectivity index (χ2v) is 10.1. The van der Waals surface area contributed by atoms with Crippen LogP contribution < -0.4 is 16.4 Å². The molecule has 4 N–H and O–H groups in total. The van der Waals surface area contributed by atoms with Gasteiger partial charge in [0.05, 0.1) is 30.6 Å². The second kappa shape index (κ2) is 10.4. The number of rotatable bonds is 5. The van der Waals surface area contributed by atoms with Crippen molar-refractivity contribution in [3.05, 3.63) is 58.5 Å². The number of fused-ring (bicyclic) bond motifs is 2. The Labute approximate surface area is 200 Å². The van der Waals surface area contributed by atoms with Gasteiger partial charge in [-0.05, 0) is 28.5 Å². The van der Waals surface area contributed by atoms with Crippen molar-refractivity contribution in [3.63, 3.8) is 0 Å². The average molecular weight is 468 g/mol. The van der Waals surface area contributed by atoms with E-state index in [1.807, 2.05) is 56.3 Å². The molecule has 2 aromatic carbocycles. The van der Waals surface area contributed by atoms with Crippen LogP contribution in [0.4, 0.5) is 15.5 Å². The molecule has 7 heteroatoms. The molecule has 1 unspecified atom stereocenters. The van der Waals surface area contributed by atoms with Crippen LogP contribution in [-0.2, 0) is 13.0 Å². The molecule has 176 valence electrons. The molecule has 0 saturated heterocycles. The number of hydrogen-bond acceptors (Lipinski definition) is 3. The van der Waals surface area contributed by atoms with Crippen LogP contribution >= 0.6 is 11.3 Å². The van der Waals surface area contributed by atoms with Crippen molar-refractivity contribution < 1.29 is 14.1 Å². The summed E-state index contributed by atoms with van der Waals surface area (Å²) in [6, 6.07) is 13.4. The first-order valence-corrected chi connectivity index (χ1v) is 12.4. The topological polar surface area (TPSA) is 84.2 Å². The molecular formula is C26H35N4O2S+. The molecule has 0 bridgehead atoms. The smallest absolute Gasteiger partial charge is 0.324 e. The van der Waals surface area contributed by atoms with E-state index in [2.05, 4.69) is 31.5 Å². The minimum Gasteiger partial charge on any atom is -0.365 e. The van der Waals surface area contributed by atoms with Gasteiger partial charge in [-0.1, -0.05) is 58.0 Å². The fourth-order valence-corrected chi connectivity index (χ4v) is 6.05. The van der Waals surface area contributed by atoms with Crippen molar-refractivity contribution in [2.45, 2.75) is 40.7 Å². The van der Waals surface area contributed by atoms with Crippen molar-refractivity contribution in [2.75, 3.05) is 30.8 Å². The highest BCUT2D eigenvalue weighted by atomic mass is 32.1. The van der Waals surface area contributed by atoms with Gasteiger partial charge in [0.25, 0.3) is 5.91 Å². The van der Waals surface area contributed by atoms with E-state index in [4.69, 9.17) is 5.73 Å². The predicted molar refractivity (Wildman–Crippen MR) is 139 cm³/mol. The van der Waals surface area contributed by atoms with Crippen LogP contribution in [0.1, 0.15) is 48.5 Å². The number of thiophene rings is 1. The van der Waals surface area contributed by atoms with Gasteiger partial charge in [0, 0.05) is 18.0 Å². The van der Waals surface area contributed by atoms with E-state index >= 15 is 0 Å². The standard InChI is InChI=1S/C24H28N4O2S.C2H6/c1-15(2)13-28(3)11-10-19-20(14-28)31-23(21(19)22(25)29)27-24(30)26-18-9-8-16-6-4-5-7-17(16)12-18;1-2/h4-9,12,15H,10-11,13-14H2,1-3H3,(H3-,25,26,27,29,30);1-2H3/p+1. The molecular weight excluding hydrogens is 432 g/mol. The van der Waals surface area contributed by atoms with E-state index in [1.165, 1.54) is 11.3 Å². The molecule has 2 heterocycles. The summed E-state index contributed by atoms with van der Waals surface area (Å²) >= 11 is 1.47. The Morgan fingerprint density at radius 3 is 2.45 bits per heavy atom. The van der Waals surface area contributed by atoms with Gasteiger partial charge in [-0.2, -0.15) is 0 Å². The Balaban J connectivity index is 0.00000149. The summed E-state index contributed by atoms with van der Waals surface area (Å²) < 4.78 is 0.937. The Hall–Kier alpha value is -2.90. The van der Waals surface area contributed by atoms with Crippen LogP contribution in [0.25, 0.3) is 10.8 Å². The number of nitrogens with two attached hydrogens (primary N) is 1. The summed E-state index contributed by atoms with van der Waals surface area (Å²) in [6.45, 7) is 11.4. The third-order valence-corrected chi connectivity index (χ3v) is 6.94. The lowest BCUT2D eigenvalue weighted by molar-refractivity contribution is -0.926. The molecule has 6 nitrogen and oxygen atoms in total. The molecule has 0 saturated carbocycles. The number of amides is 3. The number of benzene rings is 2. The molecule has 4 rings (SSSR count). The Kier molecular flexibility index (Phi) is 7.76. The predicted octanol–water partition coefficient (Wildman–Crippen LogP) is 5.83. The van der Waals surface area contributed by atoms with Crippen LogP contribution in [0.3, 0.4) is 0 Å². The number of hydrogen-bond donors (Lipinski definition) is 3. The first kappa shape index (κ1) is 24.7. The zero-order chi connectivity index (χ0) is 24.2. The highest BCUT2D eigenvalue weighted by Crippen LogP contribution is 2.39. The molecule has 33 heavy (non-hydrogen) atoms. The molecule has 1 atom stereocenters. The van der Waals surface area contributed by atoms with Gasteiger partial charge in [0.2, 0.25) is 0 Å². The largest absolute Gasteiger partial charge is 0.365 e. The monoisotopic (exact) mass is 467 g/mol. The van der Waals surface area contributed by atoms with Crippen molar-refractivity contribution in [1.29, 1.82) is 0 Å². The number of anilines is 2. The molecule has 1 aliphatic rings. The van der Waals surface area contributed by atoms with Crippen molar-refractivity contribution >= 4 is 44.7 Å². The molecule has 0 aliphatic carbocycles. The second-order valence-electron chi connectivity index (χ2n) is 9.04. The summed E-state index contributed by atoms with van der Waals surface area (Å²) in [5.74, 6) is 0.103. The third kappa shape index (κ3) is 5.72. The number of carbonyl (C=O) groups excluding carboxylic acids is 2. The molecule has 0 radical (unpaired) electrons. The fraction of sp³-hybridized carbons (Fsp3) is 0.385. The minimum absolute atomic E-state index is 0.379. The van der Waals surface area contributed by atoms with Crippen LogP contribution in [0.5, 0.6) is 0 Å². The number of nitrogens with one attached hydrogen (secondary N) is 2. The lowest BCUT2D eigenvalue weighted by Gasteiger charge is -2.39. The maximum atomic E-state index is 12.7. The van der Waals surface area contributed by atoms with Crippen molar-refractivity contribution in [2.24, 2.45) is 11.7 Å². The van der Waals surface area contributed by atoms with Gasteiger partial charge >= 0.3 is 6.03 Å². The minimum atomic E-state index is -0.488. The Bertz CT molecular complexity index is 1150. The maximum absolute atomic E-state index is 12.7. The Morgan fingerprint density at radius 2 is 1.79 bits per heavy atom. The zero-order valence-corrected chi connectivity index (χ0v) is 21.0. The lowest BCUT2D eigenvalue weighted by atomic mass is 9.99. The van der Waals surface area contributed by atoms with Crippen molar-refractivity contribution in [1.82, 2.24) is 0 Å². The van der Waals surface area contributed by atoms with Gasteiger partial charge in [-0.25, -0.2) is 4.79 Å². The van der Waals surface area contributed by atoms with E-state index in [-0.39, 0.29) is 6.03 Å². The number of primary amides is 1. The van der Waals surface area contributed by atoms with Crippen LogP contribution in [0.15, 0.2) is 42.5 Å². The van der Waals surface area contributed by atoms with E-state index in [0.29, 0.717) is 22.2 Å². The highest BCUT2D eigenvalue weighted by molar-refractivity contribution is 7.17. The highest BCUT2D eigenvalue weighted by Gasteiger charge is 2.35. The SMILES string of the molecule is CC.CC(C)C[N+]1(C)CCc2c(sc(NC(=O)Nc3ccc4ccccc4c3)c2C(N)=O)C1. The summed E-state index contributed by atoms with van der Waals surface area (Å²) in [5.41, 5.74) is 7.87. The van der Waals surface area contributed by atoms with E-state index in [1.54, 1.807) is 0 Å². The van der Waals surface area contributed by atoms with E-state index in [0.717, 1.165) is 51.8 Å². The normalized spacial score (nSPS) is 17.2. The van der Waals surface area contributed by atoms with Crippen LogP contribution in [0, 0.1) is 5.92 Å². The number of carbonyl (C=O) groups is 2. The summed E-state index contributed by atoms with van der Waals surface area (Å²) in [5, 5.41) is 8.44. The molecule has 0 fully saturated rings. The average Bonchev–Trinajstić information content (AvgIpc) is 3.10. The van der Waals surface area contributed by atoms with Gasteiger partial charge in [0.1, 0.15) is 11.5 Å². The van der Waals surface area contributed by atoms with Crippen LogP contribution in [-0.4, -0.2) is 36.6 Å².